The normalized spacial score (nSPS) is 13.8. The number of aryl methyl sites for hydroxylation is 1. The van der Waals surface area contributed by atoms with Crippen LogP contribution in [0.3, 0.4) is 0 Å². The van der Waals surface area contributed by atoms with Gasteiger partial charge in [0, 0.05) is 49.9 Å². The second-order valence-electron chi connectivity index (χ2n) is 6.59. The summed E-state index contributed by atoms with van der Waals surface area (Å²) in [7, 11) is 3.55. The number of carbonyl (C=O) groups is 2. The van der Waals surface area contributed by atoms with Gasteiger partial charge in [-0.25, -0.2) is 4.39 Å². The molecule has 1 aliphatic rings. The summed E-state index contributed by atoms with van der Waals surface area (Å²) in [5, 5.41) is 4.16. The minimum atomic E-state index is -0.590. The number of fused-ring (bicyclic) bond motifs is 1. The number of nitrogens with two attached hydrogens (primary N) is 1. The minimum absolute atomic E-state index is 0.0752. The maximum absolute atomic E-state index is 13.8. The molecule has 0 fully saturated rings. The number of primary amides is 1. The molecule has 2 heterocycles. The van der Waals surface area contributed by atoms with E-state index in [0.717, 1.165) is 11.3 Å². The van der Waals surface area contributed by atoms with Crippen LogP contribution in [0.2, 0.25) is 0 Å². The second-order valence-corrected chi connectivity index (χ2v) is 6.59. The zero-order valence-electron chi connectivity index (χ0n) is 14.9. The highest BCUT2D eigenvalue weighted by atomic mass is 19.1. The van der Waals surface area contributed by atoms with Crippen LogP contribution >= 0.6 is 0 Å². The van der Waals surface area contributed by atoms with Crippen molar-refractivity contribution < 1.29 is 14.0 Å². The van der Waals surface area contributed by atoms with Crippen LogP contribution in [0.1, 0.15) is 27.3 Å². The van der Waals surface area contributed by atoms with Crippen LogP contribution in [-0.2, 0) is 31.4 Å². The van der Waals surface area contributed by atoms with Gasteiger partial charge in [0.05, 0.1) is 6.54 Å². The second kappa shape index (κ2) is 7.25. The Morgan fingerprint density at radius 3 is 2.77 bits per heavy atom. The van der Waals surface area contributed by atoms with Crippen molar-refractivity contribution in [1.82, 2.24) is 19.6 Å². The van der Waals surface area contributed by atoms with E-state index in [1.807, 2.05) is 0 Å². The molecule has 26 heavy (non-hydrogen) atoms. The zero-order chi connectivity index (χ0) is 18.8. The lowest BCUT2D eigenvalue weighted by Crippen LogP contribution is -2.42. The third kappa shape index (κ3) is 3.60. The van der Waals surface area contributed by atoms with Crippen LogP contribution < -0.4 is 5.73 Å². The van der Waals surface area contributed by atoms with Gasteiger partial charge in [-0.1, -0.05) is 18.2 Å². The molecule has 0 radical (unpaired) electrons. The number of rotatable bonds is 5. The Morgan fingerprint density at radius 2 is 2.08 bits per heavy atom. The van der Waals surface area contributed by atoms with Gasteiger partial charge in [-0.05, 0) is 13.1 Å². The Kier molecular flexibility index (Phi) is 5.03. The van der Waals surface area contributed by atoms with Gasteiger partial charge in [-0.15, -0.1) is 0 Å². The Bertz CT molecular complexity index is 848. The minimum Gasteiger partial charge on any atom is -0.364 e. The van der Waals surface area contributed by atoms with Crippen molar-refractivity contribution in [3.8, 4) is 0 Å². The molecule has 0 atom stereocenters. The van der Waals surface area contributed by atoms with Crippen molar-refractivity contribution >= 4 is 11.8 Å². The first-order valence-electron chi connectivity index (χ1n) is 8.41. The predicted octanol–water partition coefficient (Wildman–Crippen LogP) is 0.675. The number of nitrogens with zero attached hydrogens (tertiary/aromatic N) is 4. The monoisotopic (exact) mass is 359 g/mol. The molecule has 0 bridgehead atoms. The molecule has 0 unspecified atom stereocenters. The third-order valence-electron chi connectivity index (χ3n) is 4.63. The van der Waals surface area contributed by atoms with E-state index in [9.17, 15) is 14.0 Å². The van der Waals surface area contributed by atoms with Crippen LogP contribution in [-0.4, -0.2) is 51.5 Å². The first-order valence-corrected chi connectivity index (χ1v) is 8.41. The van der Waals surface area contributed by atoms with Gasteiger partial charge in [0.25, 0.3) is 5.91 Å². The summed E-state index contributed by atoms with van der Waals surface area (Å²) in [5.74, 6) is -0.947. The number of benzene rings is 1. The molecule has 2 N–H and O–H groups in total. The highest BCUT2D eigenvalue weighted by molar-refractivity contribution is 5.93. The van der Waals surface area contributed by atoms with Crippen molar-refractivity contribution in [2.24, 2.45) is 12.8 Å². The SMILES string of the molecule is CN(CC(=O)N1CCc2c(c(C(N)=O)nn2C)C1)Cc1ccccc1F. The maximum Gasteiger partial charge on any atom is 0.269 e. The van der Waals surface area contributed by atoms with E-state index in [1.165, 1.54) is 6.07 Å². The lowest BCUT2D eigenvalue weighted by atomic mass is 10.0. The molecule has 0 spiro atoms. The zero-order valence-corrected chi connectivity index (χ0v) is 14.9. The van der Waals surface area contributed by atoms with Crippen LogP contribution in [0.25, 0.3) is 0 Å². The number of amides is 2. The quantitative estimate of drug-likeness (QED) is 0.851. The van der Waals surface area contributed by atoms with Gasteiger partial charge in [-0.3, -0.25) is 19.2 Å². The first-order chi connectivity index (χ1) is 12.4. The highest BCUT2D eigenvalue weighted by Gasteiger charge is 2.28. The number of hydrogen-bond donors (Lipinski definition) is 1. The van der Waals surface area contributed by atoms with Gasteiger partial charge in [0.15, 0.2) is 5.69 Å². The van der Waals surface area contributed by atoms with Crippen LogP contribution in [0.5, 0.6) is 0 Å². The van der Waals surface area contributed by atoms with Gasteiger partial charge in [0.1, 0.15) is 5.82 Å². The summed E-state index contributed by atoms with van der Waals surface area (Å²) in [5.41, 5.74) is 7.81. The van der Waals surface area contributed by atoms with Gasteiger partial charge in [0.2, 0.25) is 5.91 Å². The predicted molar refractivity (Wildman–Crippen MR) is 93.6 cm³/mol. The molecule has 0 saturated heterocycles. The molecule has 1 aliphatic heterocycles. The van der Waals surface area contributed by atoms with Crippen LogP contribution in [0.4, 0.5) is 4.39 Å². The topological polar surface area (TPSA) is 84.5 Å². The molecule has 1 aromatic carbocycles. The molecule has 1 aromatic heterocycles. The summed E-state index contributed by atoms with van der Waals surface area (Å²) >= 11 is 0. The fourth-order valence-electron chi connectivity index (χ4n) is 3.31. The fraction of sp³-hybridized carbons (Fsp3) is 0.389. The number of halogens is 1. The van der Waals surface area contributed by atoms with Crippen LogP contribution in [0, 0.1) is 5.82 Å². The average Bonchev–Trinajstić information content (AvgIpc) is 2.93. The standard InChI is InChI=1S/C18H22FN5O2/c1-22(9-12-5-3-4-6-14(12)19)11-16(25)24-8-7-15-13(10-24)17(18(20)26)21-23(15)2/h3-6H,7-11H2,1-2H3,(H2,20,26). The fourth-order valence-corrected chi connectivity index (χ4v) is 3.31. The summed E-state index contributed by atoms with van der Waals surface area (Å²) in [6.45, 7) is 1.37. The number of carbonyl (C=O) groups excluding carboxylic acids is 2. The van der Waals surface area contributed by atoms with E-state index in [4.69, 9.17) is 5.73 Å². The number of likely N-dealkylation sites (N-methyl/N-ethyl adjacent to an activating group) is 1. The Labute approximate surface area is 151 Å². The molecule has 0 aliphatic carbocycles. The van der Waals surface area contributed by atoms with Crippen molar-refractivity contribution in [1.29, 1.82) is 0 Å². The molecule has 8 heteroatoms. The molecule has 2 aromatic rings. The lowest BCUT2D eigenvalue weighted by molar-refractivity contribution is -0.133. The maximum atomic E-state index is 13.8. The summed E-state index contributed by atoms with van der Waals surface area (Å²) in [4.78, 5) is 27.7. The molecular formula is C18H22FN5O2. The van der Waals surface area contributed by atoms with Gasteiger partial charge < -0.3 is 10.6 Å². The summed E-state index contributed by atoms with van der Waals surface area (Å²) < 4.78 is 15.4. The van der Waals surface area contributed by atoms with Crippen molar-refractivity contribution in [2.75, 3.05) is 20.1 Å². The third-order valence-corrected chi connectivity index (χ3v) is 4.63. The van der Waals surface area contributed by atoms with Crippen LogP contribution in [0.15, 0.2) is 24.3 Å². The van der Waals surface area contributed by atoms with Gasteiger partial charge in [-0.2, -0.15) is 5.10 Å². The van der Waals surface area contributed by atoms with Crippen molar-refractivity contribution in [3.63, 3.8) is 0 Å². The van der Waals surface area contributed by atoms with E-state index in [1.54, 1.807) is 46.8 Å². The van der Waals surface area contributed by atoms with E-state index >= 15 is 0 Å². The summed E-state index contributed by atoms with van der Waals surface area (Å²) in [6.07, 6.45) is 0.620. The Hall–Kier alpha value is -2.74. The van der Waals surface area contributed by atoms with Gasteiger partial charge >= 0.3 is 0 Å². The van der Waals surface area contributed by atoms with E-state index < -0.39 is 5.91 Å². The molecule has 2 amide bonds. The van der Waals surface area contributed by atoms with Crippen molar-refractivity contribution in [3.05, 3.63) is 52.6 Å². The molecule has 0 saturated carbocycles. The first kappa shape index (κ1) is 18.1. The van der Waals surface area contributed by atoms with Crippen molar-refractivity contribution in [2.45, 2.75) is 19.5 Å². The number of aromatic nitrogens is 2. The molecule has 7 nitrogen and oxygen atoms in total. The Morgan fingerprint density at radius 1 is 1.35 bits per heavy atom. The largest absolute Gasteiger partial charge is 0.364 e. The summed E-state index contributed by atoms with van der Waals surface area (Å²) in [6, 6.07) is 6.52. The average molecular weight is 359 g/mol. The molecule has 138 valence electrons. The Balaban J connectivity index is 1.66. The smallest absolute Gasteiger partial charge is 0.269 e. The van der Waals surface area contributed by atoms with E-state index in [2.05, 4.69) is 5.10 Å². The highest BCUT2D eigenvalue weighted by Crippen LogP contribution is 2.22. The number of hydrogen-bond acceptors (Lipinski definition) is 4. The molecular weight excluding hydrogens is 337 g/mol. The van der Waals surface area contributed by atoms with E-state index in [0.29, 0.717) is 31.6 Å². The lowest BCUT2D eigenvalue weighted by Gasteiger charge is -2.29. The molecule has 3 rings (SSSR count). The van der Waals surface area contributed by atoms with E-state index in [-0.39, 0.29) is 24.0 Å².